The molecule has 0 aliphatic heterocycles. The summed E-state index contributed by atoms with van der Waals surface area (Å²) in [6.07, 6.45) is 0. The molecule has 0 atom stereocenters. The van der Waals surface area contributed by atoms with Crippen molar-refractivity contribution in [3.8, 4) is 17.1 Å². The van der Waals surface area contributed by atoms with Crippen molar-refractivity contribution in [2.75, 3.05) is 7.11 Å². The Morgan fingerprint density at radius 3 is 2.56 bits per heavy atom. The van der Waals surface area contributed by atoms with Gasteiger partial charge in [-0.05, 0) is 37.1 Å². The molecule has 0 saturated carbocycles. The molecule has 3 rings (SSSR count). The van der Waals surface area contributed by atoms with E-state index in [0.29, 0.717) is 5.92 Å². The van der Waals surface area contributed by atoms with Crippen molar-refractivity contribution < 1.29 is 4.74 Å². The summed E-state index contributed by atoms with van der Waals surface area (Å²) in [5.74, 6) is 3.05. The van der Waals surface area contributed by atoms with Gasteiger partial charge in [-0.15, -0.1) is 21.5 Å². The molecule has 3 aromatic rings. The standard InChI is InChI=1S/C18H22N4OS2/c1-12(2)9-22-17(14-5-7-16(23-4)8-6-14)20-21-18(22)25-11-15-10-24-13(3)19-15/h5-8,10,12H,9,11H2,1-4H3. The number of benzene rings is 1. The first-order valence-corrected chi connectivity index (χ1v) is 10.0. The van der Waals surface area contributed by atoms with Gasteiger partial charge in [0.15, 0.2) is 11.0 Å². The Bertz CT molecular complexity index is 824. The third-order valence-corrected chi connectivity index (χ3v) is 5.45. The third kappa shape index (κ3) is 4.41. The largest absolute Gasteiger partial charge is 0.497 e. The number of hydrogen-bond donors (Lipinski definition) is 0. The summed E-state index contributed by atoms with van der Waals surface area (Å²) in [7, 11) is 1.67. The van der Waals surface area contributed by atoms with Gasteiger partial charge < -0.3 is 9.30 Å². The maximum Gasteiger partial charge on any atom is 0.191 e. The summed E-state index contributed by atoms with van der Waals surface area (Å²) in [4.78, 5) is 4.53. The van der Waals surface area contributed by atoms with Crippen LogP contribution in [0.25, 0.3) is 11.4 Å². The fraction of sp³-hybridized carbons (Fsp3) is 0.389. The fourth-order valence-electron chi connectivity index (χ4n) is 2.49. The number of aromatic nitrogens is 4. The van der Waals surface area contributed by atoms with E-state index >= 15 is 0 Å². The number of ether oxygens (including phenoxy) is 1. The van der Waals surface area contributed by atoms with E-state index < -0.39 is 0 Å². The van der Waals surface area contributed by atoms with Crippen LogP contribution >= 0.6 is 23.1 Å². The number of thiazole rings is 1. The fourth-order valence-corrected chi connectivity index (χ4v) is 4.05. The molecule has 5 nitrogen and oxygen atoms in total. The van der Waals surface area contributed by atoms with Crippen molar-refractivity contribution in [1.82, 2.24) is 19.7 Å². The summed E-state index contributed by atoms with van der Waals surface area (Å²) in [5.41, 5.74) is 2.14. The van der Waals surface area contributed by atoms with Gasteiger partial charge in [0.1, 0.15) is 5.75 Å². The Morgan fingerprint density at radius 1 is 1.20 bits per heavy atom. The lowest BCUT2D eigenvalue weighted by atomic mass is 10.2. The van der Waals surface area contributed by atoms with E-state index in [1.165, 1.54) is 0 Å². The van der Waals surface area contributed by atoms with Crippen molar-refractivity contribution in [1.29, 1.82) is 0 Å². The molecule has 0 fully saturated rings. The van der Waals surface area contributed by atoms with E-state index in [-0.39, 0.29) is 0 Å². The highest BCUT2D eigenvalue weighted by molar-refractivity contribution is 7.98. The predicted molar refractivity (Wildman–Crippen MR) is 103 cm³/mol. The molecule has 0 amide bonds. The molecule has 1 aromatic carbocycles. The number of hydrogen-bond acceptors (Lipinski definition) is 6. The van der Waals surface area contributed by atoms with E-state index in [0.717, 1.165) is 45.3 Å². The lowest BCUT2D eigenvalue weighted by Gasteiger charge is -2.12. The summed E-state index contributed by atoms with van der Waals surface area (Å²) in [5, 5.41) is 13.0. The minimum Gasteiger partial charge on any atom is -0.497 e. The van der Waals surface area contributed by atoms with Crippen LogP contribution in [0.2, 0.25) is 0 Å². The topological polar surface area (TPSA) is 52.8 Å². The minimum absolute atomic E-state index is 0.508. The molecule has 0 aliphatic rings. The Morgan fingerprint density at radius 2 is 1.96 bits per heavy atom. The third-order valence-electron chi connectivity index (χ3n) is 3.63. The summed E-state index contributed by atoms with van der Waals surface area (Å²) >= 11 is 3.37. The summed E-state index contributed by atoms with van der Waals surface area (Å²) < 4.78 is 7.45. The van der Waals surface area contributed by atoms with E-state index in [9.17, 15) is 0 Å². The van der Waals surface area contributed by atoms with Crippen molar-refractivity contribution >= 4 is 23.1 Å². The zero-order valence-electron chi connectivity index (χ0n) is 14.9. The van der Waals surface area contributed by atoms with Crippen LogP contribution in [0.3, 0.4) is 0 Å². The highest BCUT2D eigenvalue weighted by Gasteiger charge is 2.16. The molecule has 132 valence electrons. The van der Waals surface area contributed by atoms with Crippen molar-refractivity contribution in [2.24, 2.45) is 5.92 Å². The first-order chi connectivity index (χ1) is 12.1. The van der Waals surface area contributed by atoms with Crippen LogP contribution in [0.15, 0.2) is 34.8 Å². The Balaban J connectivity index is 1.86. The van der Waals surface area contributed by atoms with Gasteiger partial charge in [0, 0.05) is 23.2 Å². The Labute approximate surface area is 156 Å². The van der Waals surface area contributed by atoms with Gasteiger partial charge in [-0.2, -0.15) is 0 Å². The van der Waals surface area contributed by atoms with Gasteiger partial charge in [-0.3, -0.25) is 0 Å². The normalized spacial score (nSPS) is 11.2. The molecule has 0 aliphatic carbocycles. The van der Waals surface area contributed by atoms with Crippen LogP contribution in [0, 0.1) is 12.8 Å². The van der Waals surface area contributed by atoms with Gasteiger partial charge in [0.2, 0.25) is 0 Å². The molecule has 2 heterocycles. The van der Waals surface area contributed by atoms with Gasteiger partial charge >= 0.3 is 0 Å². The lowest BCUT2D eigenvalue weighted by molar-refractivity contribution is 0.415. The van der Waals surface area contributed by atoms with Crippen LogP contribution in [0.4, 0.5) is 0 Å². The van der Waals surface area contributed by atoms with Crippen molar-refractivity contribution in [3.63, 3.8) is 0 Å². The van der Waals surface area contributed by atoms with Crippen molar-refractivity contribution in [3.05, 3.63) is 40.3 Å². The van der Waals surface area contributed by atoms with Crippen LogP contribution in [-0.4, -0.2) is 26.9 Å². The second-order valence-electron chi connectivity index (χ2n) is 6.19. The Kier molecular flexibility index (Phi) is 5.75. The summed E-state index contributed by atoms with van der Waals surface area (Å²) in [6.45, 7) is 7.32. The quantitative estimate of drug-likeness (QED) is 0.563. The number of rotatable bonds is 7. The van der Waals surface area contributed by atoms with E-state index in [1.807, 2.05) is 31.2 Å². The monoisotopic (exact) mass is 374 g/mol. The number of nitrogens with zero attached hydrogens (tertiary/aromatic N) is 4. The van der Waals surface area contributed by atoms with E-state index in [4.69, 9.17) is 4.74 Å². The number of methoxy groups -OCH3 is 1. The molecule has 0 N–H and O–H groups in total. The van der Waals surface area contributed by atoms with Crippen LogP contribution in [0.1, 0.15) is 24.5 Å². The van der Waals surface area contributed by atoms with Crippen LogP contribution < -0.4 is 4.74 Å². The van der Waals surface area contributed by atoms with Gasteiger partial charge in [0.25, 0.3) is 0 Å². The van der Waals surface area contributed by atoms with Gasteiger partial charge in [0.05, 0.1) is 17.8 Å². The molecule has 2 aromatic heterocycles. The maximum atomic E-state index is 5.24. The molecule has 0 saturated heterocycles. The smallest absolute Gasteiger partial charge is 0.191 e. The van der Waals surface area contributed by atoms with Gasteiger partial charge in [-0.1, -0.05) is 25.6 Å². The lowest BCUT2D eigenvalue weighted by Crippen LogP contribution is -2.08. The van der Waals surface area contributed by atoms with Crippen LogP contribution in [0.5, 0.6) is 5.75 Å². The molecule has 0 unspecified atom stereocenters. The second kappa shape index (κ2) is 8.01. The Hall–Kier alpha value is -1.86. The van der Waals surface area contributed by atoms with Gasteiger partial charge in [-0.25, -0.2) is 4.98 Å². The first kappa shape index (κ1) is 17.9. The van der Waals surface area contributed by atoms with Crippen molar-refractivity contribution in [2.45, 2.75) is 38.2 Å². The molecular formula is C18H22N4OS2. The molecule has 0 radical (unpaired) electrons. The zero-order chi connectivity index (χ0) is 17.8. The molecular weight excluding hydrogens is 352 g/mol. The molecule has 7 heteroatoms. The highest BCUT2D eigenvalue weighted by atomic mass is 32.2. The molecule has 25 heavy (non-hydrogen) atoms. The molecule has 0 bridgehead atoms. The summed E-state index contributed by atoms with van der Waals surface area (Å²) in [6, 6.07) is 7.96. The van der Waals surface area contributed by atoms with Crippen LogP contribution in [-0.2, 0) is 12.3 Å². The van der Waals surface area contributed by atoms with E-state index in [1.54, 1.807) is 30.2 Å². The maximum absolute atomic E-state index is 5.24. The average Bonchev–Trinajstić information content (AvgIpc) is 3.19. The highest BCUT2D eigenvalue weighted by Crippen LogP contribution is 2.28. The minimum atomic E-state index is 0.508. The zero-order valence-corrected chi connectivity index (χ0v) is 16.5. The predicted octanol–water partition coefficient (Wildman–Crippen LogP) is 4.67. The second-order valence-corrected chi connectivity index (χ2v) is 8.19. The first-order valence-electron chi connectivity index (χ1n) is 8.18. The molecule has 0 spiro atoms. The number of thioether (sulfide) groups is 1. The SMILES string of the molecule is COc1ccc(-c2nnc(SCc3csc(C)n3)n2CC(C)C)cc1. The average molecular weight is 375 g/mol. The number of aryl methyl sites for hydroxylation is 1. The van der Waals surface area contributed by atoms with E-state index in [2.05, 4.69) is 39.0 Å².